The molecule has 0 bridgehead atoms. The van der Waals surface area contributed by atoms with Crippen molar-refractivity contribution in [1.29, 1.82) is 0 Å². The van der Waals surface area contributed by atoms with Gasteiger partial charge in [-0.3, -0.25) is 0 Å². The van der Waals surface area contributed by atoms with Crippen molar-refractivity contribution in [3.63, 3.8) is 0 Å². The summed E-state index contributed by atoms with van der Waals surface area (Å²) in [7, 11) is 0. The maximum atomic E-state index is 11.5. The Bertz CT molecular complexity index is 561. The standard InChI is InChI=1S/C13H16N2O2S/c1-3-13(4-2,12(16)17)15-11-9-6-8-18-10(9)5-7-14-11/h5-8H,3-4H2,1-2H3,(H,14,15)(H,16,17). The van der Waals surface area contributed by atoms with Gasteiger partial charge in [-0.2, -0.15) is 0 Å². The van der Waals surface area contributed by atoms with Crippen LogP contribution >= 0.6 is 11.3 Å². The molecule has 0 amide bonds. The Balaban J connectivity index is 2.43. The third-order valence-corrected chi connectivity index (χ3v) is 4.24. The van der Waals surface area contributed by atoms with Gasteiger partial charge in [-0.15, -0.1) is 11.3 Å². The van der Waals surface area contributed by atoms with E-state index in [9.17, 15) is 9.90 Å². The molecule has 0 atom stereocenters. The highest BCUT2D eigenvalue weighted by molar-refractivity contribution is 7.17. The van der Waals surface area contributed by atoms with Gasteiger partial charge in [0.25, 0.3) is 0 Å². The van der Waals surface area contributed by atoms with Gasteiger partial charge in [0.2, 0.25) is 0 Å². The molecule has 2 rings (SSSR count). The number of carbonyl (C=O) groups is 1. The van der Waals surface area contributed by atoms with Crippen molar-refractivity contribution in [2.45, 2.75) is 32.2 Å². The van der Waals surface area contributed by atoms with E-state index in [1.807, 2.05) is 31.4 Å². The largest absolute Gasteiger partial charge is 0.480 e. The van der Waals surface area contributed by atoms with Crippen LogP contribution in [-0.2, 0) is 4.79 Å². The Kier molecular flexibility index (Phi) is 3.52. The summed E-state index contributed by atoms with van der Waals surface area (Å²) in [6, 6.07) is 3.90. The number of anilines is 1. The minimum absolute atomic E-state index is 0.515. The van der Waals surface area contributed by atoms with Crippen LogP contribution in [0.2, 0.25) is 0 Å². The molecule has 0 aliphatic rings. The number of fused-ring (bicyclic) bond motifs is 1. The normalized spacial score (nSPS) is 11.7. The third kappa shape index (κ3) is 2.06. The fourth-order valence-corrected chi connectivity index (χ4v) is 2.79. The average Bonchev–Trinajstić information content (AvgIpc) is 2.84. The molecule has 2 aromatic rings. The molecule has 0 radical (unpaired) electrons. The van der Waals surface area contributed by atoms with Crippen molar-refractivity contribution in [2.75, 3.05) is 5.32 Å². The van der Waals surface area contributed by atoms with Crippen LogP contribution in [0.5, 0.6) is 0 Å². The van der Waals surface area contributed by atoms with Gasteiger partial charge in [0.15, 0.2) is 0 Å². The summed E-state index contributed by atoms with van der Waals surface area (Å²) < 4.78 is 1.11. The third-order valence-electron chi connectivity index (χ3n) is 3.35. The summed E-state index contributed by atoms with van der Waals surface area (Å²) in [6.45, 7) is 3.75. The van der Waals surface area contributed by atoms with E-state index in [1.54, 1.807) is 17.5 Å². The van der Waals surface area contributed by atoms with Crippen LogP contribution in [0, 0.1) is 0 Å². The molecule has 2 aromatic heterocycles. The molecule has 0 aliphatic heterocycles. The lowest BCUT2D eigenvalue weighted by Gasteiger charge is -2.28. The molecular formula is C13H16N2O2S. The topological polar surface area (TPSA) is 62.2 Å². The van der Waals surface area contributed by atoms with Crippen LogP contribution in [0.25, 0.3) is 10.1 Å². The van der Waals surface area contributed by atoms with Crippen LogP contribution < -0.4 is 5.32 Å². The van der Waals surface area contributed by atoms with Crippen molar-refractivity contribution in [3.05, 3.63) is 23.7 Å². The second-order valence-electron chi connectivity index (χ2n) is 4.21. The highest BCUT2D eigenvalue weighted by Gasteiger charge is 2.35. The van der Waals surface area contributed by atoms with Crippen LogP contribution in [0.3, 0.4) is 0 Å². The van der Waals surface area contributed by atoms with Gasteiger partial charge in [0.1, 0.15) is 11.4 Å². The first-order chi connectivity index (χ1) is 8.63. The zero-order valence-electron chi connectivity index (χ0n) is 10.4. The molecule has 2 N–H and O–H groups in total. The van der Waals surface area contributed by atoms with Gasteiger partial charge >= 0.3 is 5.97 Å². The fraction of sp³-hybridized carbons (Fsp3) is 0.385. The Morgan fingerprint density at radius 3 is 2.78 bits per heavy atom. The smallest absolute Gasteiger partial charge is 0.329 e. The number of hydrogen-bond donors (Lipinski definition) is 2. The molecule has 0 saturated heterocycles. The van der Waals surface area contributed by atoms with Gasteiger partial charge in [-0.25, -0.2) is 9.78 Å². The molecule has 0 spiro atoms. The maximum absolute atomic E-state index is 11.5. The van der Waals surface area contributed by atoms with Crippen molar-refractivity contribution >= 4 is 33.2 Å². The molecule has 0 aromatic carbocycles. The summed E-state index contributed by atoms with van der Waals surface area (Å²) in [6.07, 6.45) is 2.74. The van der Waals surface area contributed by atoms with E-state index in [-0.39, 0.29) is 0 Å². The number of hydrogen-bond acceptors (Lipinski definition) is 4. The summed E-state index contributed by atoms with van der Waals surface area (Å²) in [5, 5.41) is 15.5. The van der Waals surface area contributed by atoms with Crippen LogP contribution in [-0.4, -0.2) is 21.6 Å². The van der Waals surface area contributed by atoms with E-state index in [0.717, 1.165) is 10.1 Å². The van der Waals surface area contributed by atoms with E-state index >= 15 is 0 Å². The Hall–Kier alpha value is -1.62. The van der Waals surface area contributed by atoms with Crippen LogP contribution in [0.1, 0.15) is 26.7 Å². The molecule has 4 nitrogen and oxygen atoms in total. The van der Waals surface area contributed by atoms with Gasteiger partial charge < -0.3 is 10.4 Å². The molecule has 5 heteroatoms. The Morgan fingerprint density at radius 1 is 1.44 bits per heavy atom. The predicted octanol–water partition coefficient (Wildman–Crippen LogP) is 3.35. The van der Waals surface area contributed by atoms with Crippen molar-refractivity contribution in [2.24, 2.45) is 0 Å². The van der Waals surface area contributed by atoms with Crippen molar-refractivity contribution in [3.8, 4) is 0 Å². The Labute approximate surface area is 110 Å². The average molecular weight is 264 g/mol. The lowest BCUT2D eigenvalue weighted by molar-refractivity contribution is -0.142. The van der Waals surface area contributed by atoms with E-state index in [2.05, 4.69) is 10.3 Å². The van der Waals surface area contributed by atoms with Gasteiger partial charge in [0, 0.05) is 16.3 Å². The molecule has 0 unspecified atom stereocenters. The molecule has 96 valence electrons. The van der Waals surface area contributed by atoms with Gasteiger partial charge in [-0.05, 0) is 30.4 Å². The van der Waals surface area contributed by atoms with Crippen molar-refractivity contribution < 1.29 is 9.90 Å². The fourth-order valence-electron chi connectivity index (χ4n) is 2.00. The number of rotatable bonds is 5. The SMILES string of the molecule is CCC(CC)(Nc1nccc2sccc12)C(=O)O. The van der Waals surface area contributed by atoms with E-state index in [1.165, 1.54) is 0 Å². The highest BCUT2D eigenvalue weighted by Crippen LogP contribution is 2.29. The second kappa shape index (κ2) is 4.94. The van der Waals surface area contributed by atoms with Crippen LogP contribution in [0.4, 0.5) is 5.82 Å². The van der Waals surface area contributed by atoms with Gasteiger partial charge in [-0.1, -0.05) is 13.8 Å². The van der Waals surface area contributed by atoms with Gasteiger partial charge in [0.05, 0.1) is 0 Å². The van der Waals surface area contributed by atoms with Crippen molar-refractivity contribution in [1.82, 2.24) is 4.98 Å². The molecule has 0 fully saturated rings. The zero-order chi connectivity index (χ0) is 13.2. The number of carboxylic acids is 1. The molecule has 18 heavy (non-hydrogen) atoms. The first kappa shape index (κ1) is 12.8. The molecule has 0 aliphatic carbocycles. The minimum atomic E-state index is -0.941. The zero-order valence-corrected chi connectivity index (χ0v) is 11.3. The minimum Gasteiger partial charge on any atom is -0.480 e. The number of nitrogens with one attached hydrogen (secondary N) is 1. The number of aromatic nitrogens is 1. The summed E-state index contributed by atoms with van der Waals surface area (Å²) in [4.78, 5) is 15.7. The van der Waals surface area contributed by atoms with E-state index in [4.69, 9.17) is 0 Å². The second-order valence-corrected chi connectivity index (χ2v) is 5.16. The molecule has 2 heterocycles. The monoisotopic (exact) mass is 264 g/mol. The predicted molar refractivity (Wildman–Crippen MR) is 74.2 cm³/mol. The highest BCUT2D eigenvalue weighted by atomic mass is 32.1. The summed E-state index contributed by atoms with van der Waals surface area (Å²) in [5.74, 6) is -0.179. The first-order valence-electron chi connectivity index (χ1n) is 5.96. The number of thiophene rings is 1. The van der Waals surface area contributed by atoms with E-state index < -0.39 is 11.5 Å². The lowest BCUT2D eigenvalue weighted by atomic mass is 9.93. The lowest BCUT2D eigenvalue weighted by Crippen LogP contribution is -2.45. The summed E-state index contributed by atoms with van der Waals surface area (Å²) >= 11 is 1.62. The molecular weight excluding hydrogens is 248 g/mol. The van der Waals surface area contributed by atoms with Crippen LogP contribution in [0.15, 0.2) is 23.7 Å². The number of carboxylic acid groups (broad SMARTS) is 1. The number of nitrogens with zero attached hydrogens (tertiary/aromatic N) is 1. The summed E-state index contributed by atoms with van der Waals surface area (Å²) in [5.41, 5.74) is -0.941. The quantitative estimate of drug-likeness (QED) is 0.869. The Morgan fingerprint density at radius 2 is 2.17 bits per heavy atom. The molecule has 0 saturated carbocycles. The number of pyridine rings is 1. The maximum Gasteiger partial charge on any atom is 0.329 e. The number of aliphatic carboxylic acids is 1. The first-order valence-corrected chi connectivity index (χ1v) is 6.84. The van der Waals surface area contributed by atoms with E-state index in [0.29, 0.717) is 18.7 Å².